The van der Waals surface area contributed by atoms with Crippen molar-refractivity contribution < 1.29 is 19.1 Å². The number of carbonyl (C=O) groups is 3. The van der Waals surface area contributed by atoms with E-state index in [0.717, 1.165) is 0 Å². The number of hydrogen-bond donors (Lipinski definition) is 1. The Hall–Kier alpha value is -2.37. The Morgan fingerprint density at radius 1 is 1.29 bits per heavy atom. The van der Waals surface area contributed by atoms with Gasteiger partial charge in [0.2, 0.25) is 5.91 Å². The van der Waals surface area contributed by atoms with Crippen molar-refractivity contribution >= 4 is 17.7 Å². The smallest absolute Gasteiger partial charge is 0.255 e. The SMILES string of the molecule is CCOc1ccc(C(=O)N2CC(=O)NC(=O)C2(C)C)cc1. The van der Waals surface area contributed by atoms with E-state index in [4.69, 9.17) is 4.74 Å². The number of imide groups is 1. The Labute approximate surface area is 123 Å². The van der Waals surface area contributed by atoms with Crippen molar-refractivity contribution in [1.82, 2.24) is 10.2 Å². The number of hydrogen-bond acceptors (Lipinski definition) is 4. The van der Waals surface area contributed by atoms with Crippen LogP contribution in [0.15, 0.2) is 24.3 Å². The maximum atomic E-state index is 12.5. The summed E-state index contributed by atoms with van der Waals surface area (Å²) in [7, 11) is 0. The molecule has 0 aromatic heterocycles. The molecule has 0 aliphatic carbocycles. The quantitative estimate of drug-likeness (QED) is 0.841. The molecule has 2 rings (SSSR count). The first-order chi connectivity index (χ1) is 9.86. The maximum Gasteiger partial charge on any atom is 0.255 e. The molecule has 1 heterocycles. The predicted molar refractivity (Wildman–Crippen MR) is 75.9 cm³/mol. The van der Waals surface area contributed by atoms with Gasteiger partial charge in [0, 0.05) is 5.56 Å². The maximum absolute atomic E-state index is 12.5. The molecule has 1 N–H and O–H groups in total. The van der Waals surface area contributed by atoms with E-state index in [1.54, 1.807) is 38.1 Å². The number of ether oxygens (including phenoxy) is 1. The number of nitrogens with zero attached hydrogens (tertiary/aromatic N) is 1. The summed E-state index contributed by atoms with van der Waals surface area (Å²) in [5.41, 5.74) is -0.655. The van der Waals surface area contributed by atoms with Crippen LogP contribution in [0.5, 0.6) is 5.75 Å². The van der Waals surface area contributed by atoms with Gasteiger partial charge in [-0.2, -0.15) is 0 Å². The molecule has 0 spiro atoms. The highest BCUT2D eigenvalue weighted by atomic mass is 16.5. The predicted octanol–water partition coefficient (Wildman–Crippen LogP) is 0.962. The fourth-order valence-corrected chi connectivity index (χ4v) is 2.12. The van der Waals surface area contributed by atoms with Crippen LogP contribution in [0.25, 0.3) is 0 Å². The van der Waals surface area contributed by atoms with E-state index >= 15 is 0 Å². The summed E-state index contributed by atoms with van der Waals surface area (Å²) in [6.45, 7) is 5.51. The number of carbonyl (C=O) groups excluding carboxylic acids is 3. The average molecular weight is 290 g/mol. The summed E-state index contributed by atoms with van der Waals surface area (Å²) < 4.78 is 5.32. The van der Waals surface area contributed by atoms with Crippen LogP contribution in [0, 0.1) is 0 Å². The van der Waals surface area contributed by atoms with Gasteiger partial charge in [-0.15, -0.1) is 0 Å². The van der Waals surface area contributed by atoms with Crippen molar-refractivity contribution in [3.8, 4) is 5.75 Å². The average Bonchev–Trinajstić information content (AvgIpc) is 2.44. The van der Waals surface area contributed by atoms with E-state index in [2.05, 4.69) is 5.32 Å². The molecule has 21 heavy (non-hydrogen) atoms. The third-order valence-corrected chi connectivity index (χ3v) is 3.44. The highest BCUT2D eigenvalue weighted by Crippen LogP contribution is 2.22. The van der Waals surface area contributed by atoms with Crippen molar-refractivity contribution in [3.05, 3.63) is 29.8 Å². The lowest BCUT2D eigenvalue weighted by molar-refractivity contribution is -0.143. The van der Waals surface area contributed by atoms with E-state index in [-0.39, 0.29) is 12.5 Å². The van der Waals surface area contributed by atoms with Crippen molar-refractivity contribution in [3.63, 3.8) is 0 Å². The number of benzene rings is 1. The van der Waals surface area contributed by atoms with E-state index in [1.807, 2.05) is 6.92 Å². The molecule has 1 saturated heterocycles. The van der Waals surface area contributed by atoms with Gasteiger partial charge in [0.1, 0.15) is 17.8 Å². The molecule has 112 valence electrons. The molecule has 0 radical (unpaired) electrons. The molecule has 1 fully saturated rings. The van der Waals surface area contributed by atoms with Crippen molar-refractivity contribution in [2.45, 2.75) is 26.3 Å². The molecular formula is C15H18N2O4. The standard InChI is InChI=1S/C15H18N2O4/c1-4-21-11-7-5-10(6-8-11)13(19)17-9-12(18)16-14(20)15(17,2)3/h5-8H,4,9H2,1-3H3,(H,16,18,20). The third kappa shape index (κ3) is 2.89. The summed E-state index contributed by atoms with van der Waals surface area (Å²) in [5.74, 6) is -0.635. The van der Waals surface area contributed by atoms with E-state index < -0.39 is 17.4 Å². The minimum absolute atomic E-state index is 0.134. The number of piperazine rings is 1. The van der Waals surface area contributed by atoms with Crippen LogP contribution in [0.4, 0.5) is 0 Å². The Morgan fingerprint density at radius 2 is 1.90 bits per heavy atom. The lowest BCUT2D eigenvalue weighted by atomic mass is 9.97. The zero-order valence-corrected chi connectivity index (χ0v) is 12.3. The van der Waals surface area contributed by atoms with Gasteiger partial charge >= 0.3 is 0 Å². The first-order valence-corrected chi connectivity index (χ1v) is 6.75. The molecule has 1 aliphatic rings. The normalized spacial score (nSPS) is 17.4. The van der Waals surface area contributed by atoms with Crippen LogP contribution in [0.3, 0.4) is 0 Å². The van der Waals surface area contributed by atoms with Gasteiger partial charge < -0.3 is 9.64 Å². The topological polar surface area (TPSA) is 75.7 Å². The summed E-state index contributed by atoms with van der Waals surface area (Å²) in [4.78, 5) is 37.2. The van der Waals surface area contributed by atoms with Crippen LogP contribution < -0.4 is 10.1 Å². The Kier molecular flexibility index (Phi) is 3.97. The van der Waals surface area contributed by atoms with Crippen molar-refractivity contribution in [2.75, 3.05) is 13.2 Å². The minimum atomic E-state index is -1.07. The lowest BCUT2D eigenvalue weighted by Gasteiger charge is -2.40. The monoisotopic (exact) mass is 290 g/mol. The third-order valence-electron chi connectivity index (χ3n) is 3.44. The first-order valence-electron chi connectivity index (χ1n) is 6.75. The fraction of sp³-hybridized carbons (Fsp3) is 0.400. The van der Waals surface area contributed by atoms with Crippen LogP contribution in [0.1, 0.15) is 31.1 Å². The van der Waals surface area contributed by atoms with Crippen LogP contribution in [-0.4, -0.2) is 41.3 Å². The van der Waals surface area contributed by atoms with Crippen molar-refractivity contribution in [2.24, 2.45) is 0 Å². The zero-order valence-electron chi connectivity index (χ0n) is 12.3. The van der Waals surface area contributed by atoms with E-state index in [9.17, 15) is 14.4 Å². The van der Waals surface area contributed by atoms with Gasteiger partial charge in [-0.05, 0) is 45.0 Å². The zero-order chi connectivity index (χ0) is 15.6. The van der Waals surface area contributed by atoms with Gasteiger partial charge in [-0.3, -0.25) is 19.7 Å². The minimum Gasteiger partial charge on any atom is -0.494 e. The van der Waals surface area contributed by atoms with E-state index in [0.29, 0.717) is 17.9 Å². The summed E-state index contributed by atoms with van der Waals surface area (Å²) in [6, 6.07) is 6.63. The number of nitrogens with one attached hydrogen (secondary N) is 1. The highest BCUT2D eigenvalue weighted by Gasteiger charge is 2.43. The highest BCUT2D eigenvalue weighted by molar-refractivity contribution is 6.08. The second-order valence-electron chi connectivity index (χ2n) is 5.29. The lowest BCUT2D eigenvalue weighted by Crippen LogP contribution is -2.65. The van der Waals surface area contributed by atoms with Crippen LogP contribution in [-0.2, 0) is 9.59 Å². The molecule has 0 unspecified atom stereocenters. The summed E-state index contributed by atoms with van der Waals surface area (Å²) in [6.07, 6.45) is 0. The molecule has 1 aliphatic heterocycles. The van der Waals surface area contributed by atoms with E-state index in [1.165, 1.54) is 4.90 Å². The molecule has 0 atom stereocenters. The molecule has 1 aromatic rings. The Morgan fingerprint density at radius 3 is 2.48 bits per heavy atom. The molecule has 6 nitrogen and oxygen atoms in total. The number of rotatable bonds is 3. The van der Waals surface area contributed by atoms with Gasteiger partial charge in [0.25, 0.3) is 11.8 Å². The summed E-state index contributed by atoms with van der Waals surface area (Å²) >= 11 is 0. The number of amides is 3. The fourth-order valence-electron chi connectivity index (χ4n) is 2.12. The van der Waals surface area contributed by atoms with Gasteiger partial charge in [0.15, 0.2) is 0 Å². The Balaban J connectivity index is 2.25. The molecule has 0 bridgehead atoms. The van der Waals surface area contributed by atoms with Crippen LogP contribution in [0.2, 0.25) is 0 Å². The van der Waals surface area contributed by atoms with Gasteiger partial charge in [-0.25, -0.2) is 0 Å². The molecule has 1 aromatic carbocycles. The second-order valence-corrected chi connectivity index (χ2v) is 5.29. The molecule has 3 amide bonds. The van der Waals surface area contributed by atoms with Crippen LogP contribution >= 0.6 is 0 Å². The van der Waals surface area contributed by atoms with Gasteiger partial charge in [-0.1, -0.05) is 0 Å². The molecule has 0 saturated carbocycles. The van der Waals surface area contributed by atoms with Crippen molar-refractivity contribution in [1.29, 1.82) is 0 Å². The largest absolute Gasteiger partial charge is 0.494 e. The molecular weight excluding hydrogens is 272 g/mol. The van der Waals surface area contributed by atoms with Gasteiger partial charge in [0.05, 0.1) is 6.61 Å². The Bertz CT molecular complexity index is 578. The molecule has 6 heteroatoms. The second kappa shape index (κ2) is 5.55. The summed E-state index contributed by atoms with van der Waals surface area (Å²) in [5, 5.41) is 2.24. The first kappa shape index (κ1) is 15.0.